The highest BCUT2D eigenvalue weighted by atomic mass is 35.5. The maximum atomic E-state index is 8.84. The maximum Gasteiger partial charge on any atom is 0.101 e. The number of hydrogen-bond acceptors (Lipinski definition) is 2. The van der Waals surface area contributed by atoms with Gasteiger partial charge in [0.15, 0.2) is 0 Å². The predicted molar refractivity (Wildman–Crippen MR) is 67.2 cm³/mol. The molecule has 0 unspecified atom stereocenters. The van der Waals surface area contributed by atoms with Crippen LogP contribution in [0.25, 0.3) is 0 Å². The molecular formula is C12H12Cl2N2. The maximum absolute atomic E-state index is 8.84. The van der Waals surface area contributed by atoms with Gasteiger partial charge in [0.1, 0.15) is 6.07 Å². The third-order valence-corrected chi connectivity index (χ3v) is 3.92. The van der Waals surface area contributed by atoms with Gasteiger partial charge >= 0.3 is 0 Å². The summed E-state index contributed by atoms with van der Waals surface area (Å²) in [6.07, 6.45) is 2.35. The second kappa shape index (κ2) is 4.53. The van der Waals surface area contributed by atoms with Crippen LogP contribution in [0.15, 0.2) is 12.1 Å². The van der Waals surface area contributed by atoms with Crippen LogP contribution in [0.2, 0.25) is 10.0 Å². The fourth-order valence-corrected chi connectivity index (χ4v) is 2.61. The van der Waals surface area contributed by atoms with Crippen LogP contribution >= 0.6 is 23.2 Å². The van der Waals surface area contributed by atoms with Crippen molar-refractivity contribution in [2.24, 2.45) is 0 Å². The molecule has 0 saturated carbocycles. The third kappa shape index (κ3) is 1.86. The van der Waals surface area contributed by atoms with E-state index in [2.05, 4.69) is 11.8 Å². The van der Waals surface area contributed by atoms with E-state index < -0.39 is 0 Å². The molecule has 1 aromatic carbocycles. The summed E-state index contributed by atoms with van der Waals surface area (Å²) in [5.74, 6) is 0. The Hall–Kier alpha value is -0.910. The van der Waals surface area contributed by atoms with Crippen LogP contribution in [0.4, 0.5) is 5.69 Å². The summed E-state index contributed by atoms with van der Waals surface area (Å²) in [5, 5.41) is 9.70. The molecule has 1 saturated heterocycles. The van der Waals surface area contributed by atoms with Gasteiger partial charge in [-0.2, -0.15) is 5.26 Å². The fourth-order valence-electron chi connectivity index (χ4n) is 2.14. The van der Waals surface area contributed by atoms with E-state index in [-0.39, 0.29) is 0 Å². The van der Waals surface area contributed by atoms with E-state index in [0.717, 1.165) is 12.2 Å². The molecule has 1 atom stereocenters. The Morgan fingerprint density at radius 3 is 2.69 bits per heavy atom. The normalized spacial score (nSPS) is 19.9. The van der Waals surface area contributed by atoms with Crippen molar-refractivity contribution < 1.29 is 0 Å². The van der Waals surface area contributed by atoms with E-state index in [1.54, 1.807) is 6.07 Å². The molecule has 0 spiro atoms. The lowest BCUT2D eigenvalue weighted by Crippen LogP contribution is -2.26. The van der Waals surface area contributed by atoms with E-state index in [9.17, 15) is 0 Å². The lowest BCUT2D eigenvalue weighted by Gasteiger charge is -2.25. The zero-order valence-corrected chi connectivity index (χ0v) is 10.5. The molecule has 84 valence electrons. The Balaban J connectivity index is 2.43. The Bertz CT molecular complexity index is 451. The molecule has 1 aliphatic heterocycles. The number of hydrogen-bond donors (Lipinski definition) is 0. The quantitative estimate of drug-likeness (QED) is 0.762. The number of benzene rings is 1. The van der Waals surface area contributed by atoms with Crippen LogP contribution < -0.4 is 4.90 Å². The fraction of sp³-hybridized carbons (Fsp3) is 0.417. The molecule has 0 aliphatic carbocycles. The minimum absolute atomic E-state index is 0.362. The highest BCUT2D eigenvalue weighted by Gasteiger charge is 2.23. The average Bonchev–Trinajstić information content (AvgIpc) is 2.69. The molecule has 1 fully saturated rings. The Morgan fingerprint density at radius 1 is 1.38 bits per heavy atom. The van der Waals surface area contributed by atoms with Gasteiger partial charge in [0, 0.05) is 12.6 Å². The van der Waals surface area contributed by atoms with E-state index in [1.165, 1.54) is 12.8 Å². The summed E-state index contributed by atoms with van der Waals surface area (Å²) in [6, 6.07) is 6.13. The Morgan fingerprint density at radius 2 is 2.12 bits per heavy atom. The number of halogens is 2. The van der Waals surface area contributed by atoms with Crippen LogP contribution in [-0.4, -0.2) is 12.6 Å². The summed E-state index contributed by atoms with van der Waals surface area (Å²) >= 11 is 12.2. The minimum atomic E-state index is 0.362. The zero-order chi connectivity index (χ0) is 11.7. The van der Waals surface area contributed by atoms with Crippen molar-refractivity contribution in [1.82, 2.24) is 0 Å². The topological polar surface area (TPSA) is 27.0 Å². The number of nitrogens with zero attached hydrogens (tertiary/aromatic N) is 2. The summed E-state index contributed by atoms with van der Waals surface area (Å²) < 4.78 is 0. The average molecular weight is 255 g/mol. The lowest BCUT2D eigenvalue weighted by molar-refractivity contribution is 0.735. The monoisotopic (exact) mass is 254 g/mol. The molecule has 0 aromatic heterocycles. The molecule has 1 aromatic rings. The number of nitriles is 1. The Kier molecular flexibility index (Phi) is 3.28. The minimum Gasteiger partial charge on any atom is -0.368 e. The highest BCUT2D eigenvalue weighted by Crippen LogP contribution is 2.37. The van der Waals surface area contributed by atoms with Gasteiger partial charge in [0.2, 0.25) is 0 Å². The van der Waals surface area contributed by atoms with Crippen molar-refractivity contribution in [2.75, 3.05) is 11.4 Å². The zero-order valence-electron chi connectivity index (χ0n) is 9.00. The Labute approximate surface area is 105 Å². The molecule has 0 radical (unpaired) electrons. The van der Waals surface area contributed by atoms with Crippen molar-refractivity contribution in [1.29, 1.82) is 5.26 Å². The third-order valence-electron chi connectivity index (χ3n) is 3.04. The number of anilines is 1. The first-order chi connectivity index (χ1) is 7.65. The summed E-state index contributed by atoms with van der Waals surface area (Å²) in [5.41, 5.74) is 1.37. The van der Waals surface area contributed by atoms with Crippen molar-refractivity contribution in [3.63, 3.8) is 0 Å². The highest BCUT2D eigenvalue weighted by molar-refractivity contribution is 6.44. The second-order valence-electron chi connectivity index (χ2n) is 4.06. The summed E-state index contributed by atoms with van der Waals surface area (Å²) in [4.78, 5) is 2.25. The first-order valence-electron chi connectivity index (χ1n) is 5.30. The molecule has 1 aliphatic rings. The smallest absolute Gasteiger partial charge is 0.101 e. The summed E-state index contributed by atoms with van der Waals surface area (Å²) in [6.45, 7) is 3.18. The molecule has 0 N–H and O–H groups in total. The standard InChI is InChI=1S/C12H12Cl2N2/c1-8-3-2-6-16(8)10-5-4-9(7-15)11(13)12(10)14/h4-5,8H,2-3,6H2,1H3/t8-/m0/s1. The first-order valence-corrected chi connectivity index (χ1v) is 6.05. The molecule has 2 nitrogen and oxygen atoms in total. The van der Waals surface area contributed by atoms with Crippen molar-refractivity contribution in [3.05, 3.63) is 27.7 Å². The van der Waals surface area contributed by atoms with Crippen LogP contribution in [0.1, 0.15) is 25.3 Å². The van der Waals surface area contributed by atoms with Crippen LogP contribution in [0, 0.1) is 11.3 Å². The van der Waals surface area contributed by atoms with Gasteiger partial charge in [-0.3, -0.25) is 0 Å². The summed E-state index contributed by atoms with van der Waals surface area (Å²) in [7, 11) is 0. The van der Waals surface area contributed by atoms with Gasteiger partial charge in [-0.1, -0.05) is 23.2 Å². The van der Waals surface area contributed by atoms with E-state index in [0.29, 0.717) is 21.7 Å². The molecule has 0 bridgehead atoms. The van der Waals surface area contributed by atoms with Crippen molar-refractivity contribution in [2.45, 2.75) is 25.8 Å². The van der Waals surface area contributed by atoms with Gasteiger partial charge in [0.05, 0.1) is 21.3 Å². The van der Waals surface area contributed by atoms with Crippen LogP contribution in [0.3, 0.4) is 0 Å². The molecular weight excluding hydrogens is 243 g/mol. The molecule has 16 heavy (non-hydrogen) atoms. The van der Waals surface area contributed by atoms with Crippen LogP contribution in [0.5, 0.6) is 0 Å². The second-order valence-corrected chi connectivity index (χ2v) is 4.81. The van der Waals surface area contributed by atoms with Gasteiger partial charge in [-0.25, -0.2) is 0 Å². The molecule has 4 heteroatoms. The first kappa shape index (κ1) is 11.6. The van der Waals surface area contributed by atoms with Gasteiger partial charge in [-0.05, 0) is 31.9 Å². The van der Waals surface area contributed by atoms with Gasteiger partial charge < -0.3 is 4.90 Å². The molecule has 1 heterocycles. The molecule has 2 rings (SSSR count). The number of rotatable bonds is 1. The van der Waals surface area contributed by atoms with E-state index >= 15 is 0 Å². The van der Waals surface area contributed by atoms with Crippen molar-refractivity contribution in [3.8, 4) is 6.07 Å². The van der Waals surface area contributed by atoms with Gasteiger partial charge in [0.25, 0.3) is 0 Å². The SMILES string of the molecule is C[C@H]1CCCN1c1ccc(C#N)c(Cl)c1Cl. The van der Waals surface area contributed by atoms with E-state index in [1.807, 2.05) is 12.1 Å². The van der Waals surface area contributed by atoms with E-state index in [4.69, 9.17) is 28.5 Å². The molecule has 0 amide bonds. The predicted octanol–water partition coefficient (Wildman–Crippen LogP) is 3.85. The largest absolute Gasteiger partial charge is 0.368 e. The van der Waals surface area contributed by atoms with Crippen LogP contribution in [-0.2, 0) is 0 Å². The lowest BCUT2D eigenvalue weighted by atomic mass is 10.2. The van der Waals surface area contributed by atoms with Gasteiger partial charge in [-0.15, -0.1) is 0 Å². The van der Waals surface area contributed by atoms with Crippen molar-refractivity contribution >= 4 is 28.9 Å².